The molecule has 88 valence electrons. The molecule has 1 aromatic carbocycles. The van der Waals surface area contributed by atoms with Gasteiger partial charge in [0.2, 0.25) is 0 Å². The van der Waals surface area contributed by atoms with Crippen LogP contribution in [0.4, 0.5) is 0 Å². The van der Waals surface area contributed by atoms with Crippen LogP contribution in [0.1, 0.15) is 18.4 Å². The van der Waals surface area contributed by atoms with E-state index in [1.54, 1.807) is 12.1 Å². The van der Waals surface area contributed by atoms with Crippen LogP contribution in [0.5, 0.6) is 5.75 Å². The van der Waals surface area contributed by atoms with Crippen LogP contribution in [-0.4, -0.2) is 26.9 Å². The first-order chi connectivity index (χ1) is 7.37. The molecule has 4 nitrogen and oxygen atoms in total. The number of methoxy groups -OCH3 is 1. The summed E-state index contributed by atoms with van der Waals surface area (Å²) in [7, 11) is -1.87. The van der Waals surface area contributed by atoms with Crippen molar-refractivity contribution in [2.45, 2.75) is 23.3 Å². The van der Waals surface area contributed by atoms with Gasteiger partial charge in [-0.25, -0.2) is 8.42 Å². The van der Waals surface area contributed by atoms with E-state index in [0.717, 1.165) is 6.26 Å². The molecule has 5 heteroatoms. The van der Waals surface area contributed by atoms with Gasteiger partial charge in [0.25, 0.3) is 0 Å². The summed E-state index contributed by atoms with van der Waals surface area (Å²) < 4.78 is 28.3. The van der Waals surface area contributed by atoms with Crippen molar-refractivity contribution in [3.8, 4) is 5.75 Å². The molecule has 0 radical (unpaired) electrons. The lowest BCUT2D eigenvalue weighted by atomic mass is 10.1. The smallest absolute Gasteiger partial charge is 0.176 e. The summed E-state index contributed by atoms with van der Waals surface area (Å²) in [5.74, 6) is 0.480. The molecule has 0 amide bonds. The second kappa shape index (κ2) is 3.46. The maximum Gasteiger partial charge on any atom is 0.176 e. The number of benzene rings is 1. The highest BCUT2D eigenvalue weighted by molar-refractivity contribution is 7.90. The summed E-state index contributed by atoms with van der Waals surface area (Å²) in [5.41, 5.74) is -0.471. The fourth-order valence-corrected chi connectivity index (χ4v) is 2.70. The van der Waals surface area contributed by atoms with E-state index in [2.05, 4.69) is 0 Å². The molecule has 1 aromatic rings. The minimum absolute atomic E-state index is 0.159. The van der Waals surface area contributed by atoms with Gasteiger partial charge in [-0.15, -0.1) is 0 Å². The predicted molar refractivity (Wildman–Crippen MR) is 59.2 cm³/mol. The van der Waals surface area contributed by atoms with Gasteiger partial charge in [-0.2, -0.15) is 0 Å². The molecule has 2 rings (SSSR count). The Morgan fingerprint density at radius 2 is 2.00 bits per heavy atom. The Balaban J connectivity index is 2.61. The van der Waals surface area contributed by atoms with Crippen LogP contribution in [-0.2, 0) is 15.4 Å². The molecule has 0 unspecified atom stereocenters. The normalized spacial score (nSPS) is 18.2. The zero-order valence-corrected chi connectivity index (χ0v) is 10.0. The lowest BCUT2D eigenvalue weighted by molar-refractivity contribution is 0.148. The fourth-order valence-electron chi connectivity index (χ4n) is 1.71. The maximum absolute atomic E-state index is 11.6. The molecule has 1 aliphatic rings. The third-order valence-electron chi connectivity index (χ3n) is 2.81. The lowest BCUT2D eigenvalue weighted by Gasteiger charge is -2.14. The van der Waals surface area contributed by atoms with Gasteiger partial charge in [-0.3, -0.25) is 0 Å². The van der Waals surface area contributed by atoms with Crippen molar-refractivity contribution in [1.82, 2.24) is 0 Å². The van der Waals surface area contributed by atoms with Gasteiger partial charge < -0.3 is 9.84 Å². The van der Waals surface area contributed by atoms with Crippen LogP contribution < -0.4 is 4.74 Å². The number of sulfone groups is 1. The van der Waals surface area contributed by atoms with E-state index in [9.17, 15) is 13.5 Å². The van der Waals surface area contributed by atoms with Crippen molar-refractivity contribution in [2.75, 3.05) is 13.4 Å². The summed E-state index contributed by atoms with van der Waals surface area (Å²) >= 11 is 0. The summed E-state index contributed by atoms with van der Waals surface area (Å²) in [6, 6.07) is 4.75. The van der Waals surface area contributed by atoms with E-state index in [1.165, 1.54) is 13.2 Å². The van der Waals surface area contributed by atoms with Crippen LogP contribution in [0, 0.1) is 0 Å². The van der Waals surface area contributed by atoms with Crippen molar-refractivity contribution in [3.05, 3.63) is 23.8 Å². The van der Waals surface area contributed by atoms with Crippen molar-refractivity contribution < 1.29 is 18.3 Å². The van der Waals surface area contributed by atoms with Crippen LogP contribution >= 0.6 is 0 Å². The minimum atomic E-state index is -3.35. The molecule has 0 atom stereocenters. The molecule has 0 aromatic heterocycles. The third-order valence-corrected chi connectivity index (χ3v) is 3.95. The SMILES string of the molecule is COc1ccc(C2(O)CC2)c(S(C)(=O)=O)c1. The number of ether oxygens (including phenoxy) is 1. The monoisotopic (exact) mass is 242 g/mol. The Hall–Kier alpha value is -1.07. The largest absolute Gasteiger partial charge is 0.497 e. The van der Waals surface area contributed by atoms with Crippen LogP contribution in [0.15, 0.2) is 23.1 Å². The Kier molecular flexibility index (Phi) is 2.47. The molecule has 0 aliphatic heterocycles. The average Bonchev–Trinajstić information content (AvgIpc) is 2.95. The van der Waals surface area contributed by atoms with Gasteiger partial charge in [0.05, 0.1) is 17.6 Å². The van der Waals surface area contributed by atoms with E-state index in [-0.39, 0.29) is 4.90 Å². The van der Waals surface area contributed by atoms with Gasteiger partial charge in [-0.1, -0.05) is 6.07 Å². The third kappa shape index (κ3) is 1.92. The van der Waals surface area contributed by atoms with Gasteiger partial charge in [-0.05, 0) is 25.0 Å². The molecular weight excluding hydrogens is 228 g/mol. The fraction of sp³-hybridized carbons (Fsp3) is 0.455. The molecule has 1 saturated carbocycles. The van der Waals surface area contributed by atoms with E-state index in [4.69, 9.17) is 4.74 Å². The lowest BCUT2D eigenvalue weighted by Crippen LogP contribution is -2.12. The van der Waals surface area contributed by atoms with Gasteiger partial charge in [0, 0.05) is 11.8 Å². The van der Waals surface area contributed by atoms with E-state index >= 15 is 0 Å². The second-order valence-electron chi connectivity index (χ2n) is 4.17. The zero-order valence-electron chi connectivity index (χ0n) is 9.23. The molecule has 1 aliphatic carbocycles. The maximum atomic E-state index is 11.6. The molecule has 0 bridgehead atoms. The van der Waals surface area contributed by atoms with Gasteiger partial charge >= 0.3 is 0 Å². The Morgan fingerprint density at radius 1 is 1.38 bits per heavy atom. The highest BCUT2D eigenvalue weighted by Crippen LogP contribution is 2.48. The number of hydrogen-bond acceptors (Lipinski definition) is 4. The predicted octanol–water partition coefficient (Wildman–Crippen LogP) is 1.08. The molecule has 1 N–H and O–H groups in total. The highest BCUT2D eigenvalue weighted by atomic mass is 32.2. The minimum Gasteiger partial charge on any atom is -0.497 e. The van der Waals surface area contributed by atoms with Crippen molar-refractivity contribution in [3.63, 3.8) is 0 Å². The highest BCUT2D eigenvalue weighted by Gasteiger charge is 2.44. The Bertz CT molecular complexity index is 515. The van der Waals surface area contributed by atoms with Crippen LogP contribution in [0.3, 0.4) is 0 Å². The van der Waals surface area contributed by atoms with Gasteiger partial charge in [0.15, 0.2) is 9.84 Å². The Morgan fingerprint density at radius 3 is 2.44 bits per heavy atom. The average molecular weight is 242 g/mol. The standard InChI is InChI=1S/C11H14O4S/c1-15-8-3-4-9(11(12)5-6-11)10(7-8)16(2,13)14/h3-4,7,12H,5-6H2,1-2H3. The first-order valence-electron chi connectivity index (χ1n) is 4.98. The van der Waals surface area contributed by atoms with Crippen LogP contribution in [0.25, 0.3) is 0 Å². The summed E-state index contributed by atoms with van der Waals surface area (Å²) in [4.78, 5) is 0.159. The molecule has 0 saturated heterocycles. The first-order valence-corrected chi connectivity index (χ1v) is 6.87. The first kappa shape index (κ1) is 11.4. The van der Waals surface area contributed by atoms with Crippen molar-refractivity contribution in [1.29, 1.82) is 0 Å². The van der Waals surface area contributed by atoms with E-state index in [1.807, 2.05) is 0 Å². The number of hydrogen-bond donors (Lipinski definition) is 1. The summed E-state index contributed by atoms with van der Waals surface area (Å²) in [5, 5.41) is 10.0. The van der Waals surface area contributed by atoms with E-state index < -0.39 is 15.4 Å². The van der Waals surface area contributed by atoms with Crippen molar-refractivity contribution >= 4 is 9.84 Å². The summed E-state index contributed by atoms with van der Waals surface area (Å²) in [6.45, 7) is 0. The molecule has 16 heavy (non-hydrogen) atoms. The quantitative estimate of drug-likeness (QED) is 0.861. The molecule has 0 spiro atoms. The van der Waals surface area contributed by atoms with Crippen molar-refractivity contribution in [2.24, 2.45) is 0 Å². The van der Waals surface area contributed by atoms with E-state index in [0.29, 0.717) is 24.2 Å². The molecule has 0 heterocycles. The second-order valence-corrected chi connectivity index (χ2v) is 6.15. The Labute approximate surface area is 94.8 Å². The topological polar surface area (TPSA) is 63.6 Å². The number of aliphatic hydroxyl groups is 1. The summed E-state index contributed by atoms with van der Waals surface area (Å²) in [6.07, 6.45) is 2.36. The molecular formula is C11H14O4S. The molecule has 1 fully saturated rings. The zero-order chi connectivity index (χ0) is 12.0. The van der Waals surface area contributed by atoms with Gasteiger partial charge in [0.1, 0.15) is 5.75 Å². The van der Waals surface area contributed by atoms with Crippen LogP contribution in [0.2, 0.25) is 0 Å². The number of rotatable bonds is 3.